The summed E-state index contributed by atoms with van der Waals surface area (Å²) in [5.74, 6) is 1.05. The maximum atomic E-state index is 13.4. The Morgan fingerprint density at radius 2 is 2.11 bits per heavy atom. The van der Waals surface area contributed by atoms with Crippen LogP contribution in [0.25, 0.3) is 0 Å². The van der Waals surface area contributed by atoms with E-state index in [2.05, 4.69) is 0 Å². The van der Waals surface area contributed by atoms with Crippen molar-refractivity contribution in [1.82, 2.24) is 0 Å². The molecule has 1 aromatic rings. The highest BCUT2D eigenvalue weighted by molar-refractivity contribution is 5.40. The smallest absolute Gasteiger partial charge is 0.123 e. The molecule has 3 heteroatoms. The second kappa shape index (κ2) is 4.54. The van der Waals surface area contributed by atoms with Crippen LogP contribution in [0, 0.1) is 5.82 Å². The number of ether oxygens (including phenoxy) is 1. The van der Waals surface area contributed by atoms with Gasteiger partial charge >= 0.3 is 0 Å². The zero-order chi connectivity index (χ0) is 12.6. The number of halogens is 1. The van der Waals surface area contributed by atoms with E-state index in [0.29, 0.717) is 12.5 Å². The summed E-state index contributed by atoms with van der Waals surface area (Å²) in [5.41, 5.74) is 6.72. The topological polar surface area (TPSA) is 35.2 Å². The maximum absolute atomic E-state index is 13.4. The van der Waals surface area contributed by atoms with Gasteiger partial charge in [-0.05, 0) is 69.2 Å². The largest absolute Gasteiger partial charge is 0.487 e. The quantitative estimate of drug-likeness (QED) is 0.872. The minimum Gasteiger partial charge on any atom is -0.487 e. The molecule has 0 aromatic heterocycles. The average Bonchev–Trinajstić information content (AvgIpc) is 2.79. The van der Waals surface area contributed by atoms with Gasteiger partial charge in [-0.15, -0.1) is 0 Å². The van der Waals surface area contributed by atoms with Gasteiger partial charge in [0, 0.05) is 5.56 Å². The highest BCUT2D eigenvalue weighted by Gasteiger charge is 2.42. The van der Waals surface area contributed by atoms with Crippen molar-refractivity contribution in [3.8, 4) is 5.75 Å². The van der Waals surface area contributed by atoms with Crippen molar-refractivity contribution in [2.75, 3.05) is 6.54 Å². The second-order valence-corrected chi connectivity index (χ2v) is 5.65. The van der Waals surface area contributed by atoms with E-state index in [1.165, 1.54) is 18.9 Å². The molecule has 1 aliphatic heterocycles. The van der Waals surface area contributed by atoms with Gasteiger partial charge < -0.3 is 10.5 Å². The minimum absolute atomic E-state index is 0.00463. The first-order valence-corrected chi connectivity index (χ1v) is 6.91. The predicted octanol–water partition coefficient (Wildman–Crippen LogP) is 3.35. The molecule has 0 radical (unpaired) electrons. The Kier molecular flexibility index (Phi) is 3.02. The summed E-state index contributed by atoms with van der Waals surface area (Å²) in [6.07, 6.45) is 6.66. The van der Waals surface area contributed by atoms with Crippen LogP contribution in [0.1, 0.15) is 50.0 Å². The first-order valence-electron chi connectivity index (χ1n) is 6.91. The van der Waals surface area contributed by atoms with E-state index in [1.54, 1.807) is 12.1 Å². The molecular formula is C15H20FNO. The molecule has 1 aromatic carbocycles. The van der Waals surface area contributed by atoms with Crippen LogP contribution in [0.3, 0.4) is 0 Å². The number of fused-ring (bicyclic) bond motifs is 1. The summed E-state index contributed by atoms with van der Waals surface area (Å²) in [5, 5.41) is 0. The van der Waals surface area contributed by atoms with Crippen LogP contribution < -0.4 is 10.5 Å². The minimum atomic E-state index is -0.179. The van der Waals surface area contributed by atoms with E-state index in [0.717, 1.165) is 37.0 Å². The molecule has 1 aliphatic carbocycles. The molecule has 1 atom stereocenters. The summed E-state index contributed by atoms with van der Waals surface area (Å²) in [4.78, 5) is 0. The molecule has 1 spiro atoms. The molecule has 3 rings (SSSR count). The van der Waals surface area contributed by atoms with Gasteiger partial charge in [0.2, 0.25) is 0 Å². The van der Waals surface area contributed by atoms with Crippen LogP contribution in [0.5, 0.6) is 5.75 Å². The lowest BCUT2D eigenvalue weighted by molar-refractivity contribution is 0.0407. The lowest BCUT2D eigenvalue weighted by Gasteiger charge is -2.40. The third kappa shape index (κ3) is 2.01. The summed E-state index contributed by atoms with van der Waals surface area (Å²) in [6.45, 7) is 0.650. The predicted molar refractivity (Wildman–Crippen MR) is 69.3 cm³/mol. The van der Waals surface area contributed by atoms with E-state index >= 15 is 0 Å². The number of rotatable bonds is 2. The van der Waals surface area contributed by atoms with Crippen LogP contribution in [-0.4, -0.2) is 12.1 Å². The fraction of sp³-hybridized carbons (Fsp3) is 0.600. The lowest BCUT2D eigenvalue weighted by atomic mass is 9.80. The normalized spacial score (nSPS) is 24.9. The van der Waals surface area contributed by atoms with E-state index in [1.807, 2.05) is 0 Å². The van der Waals surface area contributed by atoms with E-state index in [-0.39, 0.29) is 11.4 Å². The van der Waals surface area contributed by atoms with E-state index < -0.39 is 0 Å². The Hall–Kier alpha value is -1.09. The Morgan fingerprint density at radius 3 is 2.83 bits per heavy atom. The summed E-state index contributed by atoms with van der Waals surface area (Å²) in [7, 11) is 0. The second-order valence-electron chi connectivity index (χ2n) is 5.65. The Morgan fingerprint density at radius 1 is 1.33 bits per heavy atom. The molecule has 1 saturated carbocycles. The van der Waals surface area contributed by atoms with Gasteiger partial charge in [0.15, 0.2) is 0 Å². The van der Waals surface area contributed by atoms with Crippen molar-refractivity contribution >= 4 is 0 Å². The van der Waals surface area contributed by atoms with Gasteiger partial charge in [0.25, 0.3) is 0 Å². The van der Waals surface area contributed by atoms with Gasteiger partial charge in [-0.3, -0.25) is 0 Å². The van der Waals surface area contributed by atoms with Crippen LogP contribution in [0.2, 0.25) is 0 Å². The summed E-state index contributed by atoms with van der Waals surface area (Å²) < 4.78 is 19.6. The standard InChI is InChI=1S/C15H20FNO/c16-12-3-4-14-13(9-12)11(5-8-17)10-15(18-14)6-1-2-7-15/h3-4,9,11H,1-2,5-8,10,17H2. The van der Waals surface area contributed by atoms with Crippen molar-refractivity contribution < 1.29 is 9.13 Å². The molecule has 1 unspecified atom stereocenters. The number of benzene rings is 1. The molecule has 0 amide bonds. The SMILES string of the molecule is NCCC1CC2(CCCC2)Oc2ccc(F)cc21. The number of hydrogen-bond acceptors (Lipinski definition) is 2. The molecule has 2 N–H and O–H groups in total. The van der Waals surface area contributed by atoms with Crippen molar-refractivity contribution in [2.45, 2.75) is 50.0 Å². The van der Waals surface area contributed by atoms with Gasteiger partial charge in [-0.1, -0.05) is 0 Å². The molecule has 0 bridgehead atoms. The zero-order valence-electron chi connectivity index (χ0n) is 10.6. The highest BCUT2D eigenvalue weighted by Crippen LogP contribution is 2.48. The summed E-state index contributed by atoms with van der Waals surface area (Å²) in [6, 6.07) is 4.90. The lowest BCUT2D eigenvalue weighted by Crippen LogP contribution is -2.38. The van der Waals surface area contributed by atoms with Crippen molar-refractivity contribution in [2.24, 2.45) is 5.73 Å². The van der Waals surface area contributed by atoms with Gasteiger partial charge in [0.1, 0.15) is 17.2 Å². The molecule has 0 saturated heterocycles. The number of nitrogens with two attached hydrogens (primary N) is 1. The highest BCUT2D eigenvalue weighted by atomic mass is 19.1. The third-order valence-corrected chi connectivity index (χ3v) is 4.39. The first-order chi connectivity index (χ1) is 8.72. The van der Waals surface area contributed by atoms with Crippen LogP contribution in [0.4, 0.5) is 4.39 Å². The molecule has 1 heterocycles. The van der Waals surface area contributed by atoms with Crippen molar-refractivity contribution in [3.63, 3.8) is 0 Å². The van der Waals surface area contributed by atoms with Gasteiger partial charge in [-0.2, -0.15) is 0 Å². The molecule has 2 aliphatic rings. The Bertz CT molecular complexity index is 440. The van der Waals surface area contributed by atoms with Crippen molar-refractivity contribution in [3.05, 3.63) is 29.6 Å². The average molecular weight is 249 g/mol. The van der Waals surface area contributed by atoms with Gasteiger partial charge in [0.05, 0.1) is 0 Å². The third-order valence-electron chi connectivity index (χ3n) is 4.39. The van der Waals surface area contributed by atoms with Crippen LogP contribution >= 0.6 is 0 Å². The molecule has 18 heavy (non-hydrogen) atoms. The van der Waals surface area contributed by atoms with Crippen LogP contribution in [0.15, 0.2) is 18.2 Å². The monoisotopic (exact) mass is 249 g/mol. The summed E-state index contributed by atoms with van der Waals surface area (Å²) >= 11 is 0. The van der Waals surface area contributed by atoms with E-state index in [9.17, 15) is 4.39 Å². The Balaban J connectivity index is 1.97. The molecular weight excluding hydrogens is 229 g/mol. The number of hydrogen-bond donors (Lipinski definition) is 1. The van der Waals surface area contributed by atoms with E-state index in [4.69, 9.17) is 10.5 Å². The van der Waals surface area contributed by atoms with Crippen molar-refractivity contribution in [1.29, 1.82) is 0 Å². The fourth-order valence-electron chi connectivity index (χ4n) is 3.55. The zero-order valence-corrected chi connectivity index (χ0v) is 10.6. The first kappa shape index (κ1) is 12.0. The fourth-order valence-corrected chi connectivity index (χ4v) is 3.55. The molecule has 2 nitrogen and oxygen atoms in total. The van der Waals surface area contributed by atoms with Crippen LogP contribution in [-0.2, 0) is 0 Å². The Labute approximate surface area is 107 Å². The molecule has 1 fully saturated rings. The van der Waals surface area contributed by atoms with Gasteiger partial charge in [-0.25, -0.2) is 4.39 Å². The maximum Gasteiger partial charge on any atom is 0.123 e. The molecule has 98 valence electrons.